The summed E-state index contributed by atoms with van der Waals surface area (Å²) in [5.74, 6) is 0.494. The average molecular weight is 282 g/mol. The van der Waals surface area contributed by atoms with Crippen molar-refractivity contribution in [3.05, 3.63) is 54.7 Å². The summed E-state index contributed by atoms with van der Waals surface area (Å²) in [5.41, 5.74) is 1.91. The molecule has 3 atom stereocenters. The zero-order chi connectivity index (χ0) is 14.8. The monoisotopic (exact) mass is 282 g/mol. The van der Waals surface area contributed by atoms with Gasteiger partial charge in [-0.3, -0.25) is 4.98 Å². The summed E-state index contributed by atoms with van der Waals surface area (Å²) >= 11 is 0. The number of likely N-dealkylation sites (N-methyl/N-ethyl adjacent to an activating group) is 1. The van der Waals surface area contributed by atoms with Crippen LogP contribution < -0.4 is 0 Å². The molecule has 0 saturated carbocycles. The molecule has 21 heavy (non-hydrogen) atoms. The molecule has 1 saturated heterocycles. The minimum atomic E-state index is -0.495. The van der Waals surface area contributed by atoms with Crippen LogP contribution in [0.4, 0.5) is 0 Å². The number of nitrogens with zero attached hydrogens (tertiary/aromatic N) is 2. The van der Waals surface area contributed by atoms with Crippen molar-refractivity contribution in [1.82, 2.24) is 9.88 Å². The highest BCUT2D eigenvalue weighted by Gasteiger charge is 2.31. The maximum atomic E-state index is 10.9. The minimum Gasteiger partial charge on any atom is -0.387 e. The number of rotatable bonds is 3. The number of allylic oxidation sites excluding steroid dienone is 1. The van der Waals surface area contributed by atoms with Crippen LogP contribution in [-0.4, -0.2) is 34.6 Å². The molecule has 3 unspecified atom stereocenters. The zero-order valence-corrected chi connectivity index (χ0v) is 12.4. The first kappa shape index (κ1) is 14.2. The number of aromatic nitrogens is 1. The molecule has 1 aromatic heterocycles. The molecular formula is C18H22N2O. The number of piperidine rings is 1. The molecule has 1 aromatic carbocycles. The Bertz CT molecular complexity index is 635. The quantitative estimate of drug-likeness (QED) is 0.879. The Kier molecular flexibility index (Phi) is 4.04. The van der Waals surface area contributed by atoms with E-state index in [1.807, 2.05) is 36.4 Å². The first-order valence-corrected chi connectivity index (χ1v) is 7.55. The van der Waals surface area contributed by atoms with E-state index in [1.54, 1.807) is 6.20 Å². The van der Waals surface area contributed by atoms with E-state index in [0.717, 1.165) is 35.9 Å². The van der Waals surface area contributed by atoms with Gasteiger partial charge in [0, 0.05) is 17.6 Å². The van der Waals surface area contributed by atoms with Crippen molar-refractivity contribution in [2.45, 2.75) is 25.0 Å². The smallest absolute Gasteiger partial charge is 0.0952 e. The number of pyridine rings is 1. The molecule has 1 aliphatic heterocycles. The fraction of sp³-hybridized carbons (Fsp3) is 0.389. The standard InChI is InChI=1S/C18H22N2O/c1-3-13-9-11-20(2)17(12-13)18(21)15-8-10-19-16-7-5-4-6-14(15)16/h3-8,10,13,17-18,21H,1,9,11-12H2,2H3. The fourth-order valence-electron chi connectivity index (χ4n) is 3.31. The summed E-state index contributed by atoms with van der Waals surface area (Å²) in [7, 11) is 2.09. The van der Waals surface area contributed by atoms with Gasteiger partial charge in [-0.25, -0.2) is 0 Å². The summed E-state index contributed by atoms with van der Waals surface area (Å²) in [5, 5.41) is 12.0. The van der Waals surface area contributed by atoms with Gasteiger partial charge in [-0.15, -0.1) is 6.58 Å². The van der Waals surface area contributed by atoms with Gasteiger partial charge in [0.2, 0.25) is 0 Å². The molecule has 0 spiro atoms. The van der Waals surface area contributed by atoms with Crippen LogP contribution in [0.5, 0.6) is 0 Å². The topological polar surface area (TPSA) is 36.4 Å². The third kappa shape index (κ3) is 2.71. The predicted octanol–water partition coefficient (Wildman–Crippen LogP) is 3.16. The number of para-hydroxylation sites is 1. The van der Waals surface area contributed by atoms with Crippen molar-refractivity contribution in [3.63, 3.8) is 0 Å². The molecule has 2 aromatic rings. The van der Waals surface area contributed by atoms with Crippen molar-refractivity contribution in [3.8, 4) is 0 Å². The van der Waals surface area contributed by atoms with Crippen LogP contribution in [0.25, 0.3) is 10.9 Å². The molecule has 0 bridgehead atoms. The highest BCUT2D eigenvalue weighted by molar-refractivity contribution is 5.82. The molecule has 110 valence electrons. The van der Waals surface area contributed by atoms with Gasteiger partial charge < -0.3 is 10.0 Å². The lowest BCUT2D eigenvalue weighted by Crippen LogP contribution is -2.43. The van der Waals surface area contributed by atoms with E-state index in [0.29, 0.717) is 5.92 Å². The number of hydrogen-bond donors (Lipinski definition) is 1. The van der Waals surface area contributed by atoms with Crippen LogP contribution in [0.3, 0.4) is 0 Å². The van der Waals surface area contributed by atoms with Gasteiger partial charge in [0.15, 0.2) is 0 Å². The molecule has 0 aliphatic carbocycles. The fourth-order valence-corrected chi connectivity index (χ4v) is 3.31. The molecule has 0 radical (unpaired) electrons. The van der Waals surface area contributed by atoms with E-state index in [1.165, 1.54) is 0 Å². The largest absolute Gasteiger partial charge is 0.387 e. The highest BCUT2D eigenvalue weighted by atomic mass is 16.3. The maximum Gasteiger partial charge on any atom is 0.0952 e. The van der Waals surface area contributed by atoms with E-state index >= 15 is 0 Å². The van der Waals surface area contributed by atoms with Crippen LogP contribution in [0.1, 0.15) is 24.5 Å². The van der Waals surface area contributed by atoms with Crippen molar-refractivity contribution < 1.29 is 5.11 Å². The number of likely N-dealkylation sites (tertiary alicyclic amines) is 1. The number of aliphatic hydroxyl groups excluding tert-OH is 1. The van der Waals surface area contributed by atoms with E-state index in [-0.39, 0.29) is 6.04 Å². The predicted molar refractivity (Wildman–Crippen MR) is 86.0 cm³/mol. The van der Waals surface area contributed by atoms with Crippen LogP contribution in [-0.2, 0) is 0 Å². The third-order valence-electron chi connectivity index (χ3n) is 4.66. The van der Waals surface area contributed by atoms with E-state index in [9.17, 15) is 5.11 Å². The van der Waals surface area contributed by atoms with Gasteiger partial charge in [-0.2, -0.15) is 0 Å². The minimum absolute atomic E-state index is 0.132. The lowest BCUT2D eigenvalue weighted by atomic mass is 9.86. The summed E-state index contributed by atoms with van der Waals surface area (Å²) in [4.78, 5) is 6.64. The van der Waals surface area contributed by atoms with E-state index < -0.39 is 6.10 Å². The van der Waals surface area contributed by atoms with Gasteiger partial charge in [0.1, 0.15) is 0 Å². The van der Waals surface area contributed by atoms with Crippen LogP contribution in [0, 0.1) is 5.92 Å². The zero-order valence-electron chi connectivity index (χ0n) is 12.4. The number of fused-ring (bicyclic) bond motifs is 1. The molecule has 3 heteroatoms. The molecule has 1 aliphatic rings. The van der Waals surface area contributed by atoms with Gasteiger partial charge >= 0.3 is 0 Å². The lowest BCUT2D eigenvalue weighted by Gasteiger charge is -2.39. The SMILES string of the molecule is C=CC1CCN(C)C(C(O)c2ccnc3ccccc23)C1. The van der Waals surface area contributed by atoms with Gasteiger partial charge in [-0.1, -0.05) is 24.3 Å². The summed E-state index contributed by atoms with van der Waals surface area (Å²) < 4.78 is 0. The first-order chi connectivity index (χ1) is 10.2. The number of aliphatic hydroxyl groups is 1. The molecule has 2 heterocycles. The van der Waals surface area contributed by atoms with Crippen LogP contribution in [0.15, 0.2) is 49.2 Å². The van der Waals surface area contributed by atoms with Crippen molar-refractivity contribution in [2.75, 3.05) is 13.6 Å². The van der Waals surface area contributed by atoms with Crippen LogP contribution in [0.2, 0.25) is 0 Å². The summed E-state index contributed by atoms with van der Waals surface area (Å²) in [6, 6.07) is 10.1. The second-order valence-corrected chi connectivity index (χ2v) is 5.93. The Morgan fingerprint density at radius 1 is 1.38 bits per heavy atom. The Morgan fingerprint density at radius 3 is 3.00 bits per heavy atom. The number of hydrogen-bond acceptors (Lipinski definition) is 3. The van der Waals surface area contributed by atoms with Crippen molar-refractivity contribution >= 4 is 10.9 Å². The van der Waals surface area contributed by atoms with Gasteiger partial charge in [-0.05, 0) is 50.0 Å². The molecule has 1 fully saturated rings. The van der Waals surface area contributed by atoms with E-state index in [2.05, 4.69) is 23.5 Å². The molecule has 1 N–H and O–H groups in total. The number of benzene rings is 1. The molecule has 3 nitrogen and oxygen atoms in total. The Labute approximate surface area is 125 Å². The first-order valence-electron chi connectivity index (χ1n) is 7.55. The van der Waals surface area contributed by atoms with Crippen molar-refractivity contribution in [1.29, 1.82) is 0 Å². The van der Waals surface area contributed by atoms with E-state index in [4.69, 9.17) is 0 Å². The molecule has 3 rings (SSSR count). The van der Waals surface area contributed by atoms with Gasteiger partial charge in [0.05, 0.1) is 11.6 Å². The Morgan fingerprint density at radius 2 is 2.19 bits per heavy atom. The third-order valence-corrected chi connectivity index (χ3v) is 4.66. The highest BCUT2D eigenvalue weighted by Crippen LogP contribution is 2.33. The van der Waals surface area contributed by atoms with Crippen LogP contribution >= 0.6 is 0 Å². The summed E-state index contributed by atoms with van der Waals surface area (Å²) in [6.45, 7) is 4.92. The summed E-state index contributed by atoms with van der Waals surface area (Å²) in [6.07, 6.45) is 5.40. The molecular weight excluding hydrogens is 260 g/mol. The average Bonchev–Trinajstić information content (AvgIpc) is 2.54. The Balaban J connectivity index is 1.95. The normalized spacial score (nSPS) is 24.9. The molecule has 0 amide bonds. The second-order valence-electron chi connectivity index (χ2n) is 5.93. The van der Waals surface area contributed by atoms with Gasteiger partial charge in [0.25, 0.3) is 0 Å². The second kappa shape index (κ2) is 5.96. The maximum absolute atomic E-state index is 10.9. The lowest BCUT2D eigenvalue weighted by molar-refractivity contribution is 0.0304. The Hall–Kier alpha value is -1.71. The van der Waals surface area contributed by atoms with Crippen molar-refractivity contribution in [2.24, 2.45) is 5.92 Å².